The van der Waals surface area contributed by atoms with Crippen molar-refractivity contribution in [2.75, 3.05) is 26.2 Å². The third-order valence-electron chi connectivity index (χ3n) is 1.85. The SMILES string of the molecule is CC(C)OCCCCNCC(=O)NCC#N. The predicted molar refractivity (Wildman–Crippen MR) is 61.8 cm³/mol. The average molecular weight is 227 g/mol. The second kappa shape index (κ2) is 10.4. The first-order valence-corrected chi connectivity index (χ1v) is 5.62. The highest BCUT2D eigenvalue weighted by Crippen LogP contribution is 1.92. The minimum atomic E-state index is -0.139. The van der Waals surface area contributed by atoms with E-state index in [4.69, 9.17) is 10.00 Å². The van der Waals surface area contributed by atoms with Gasteiger partial charge in [0, 0.05) is 6.61 Å². The van der Waals surface area contributed by atoms with Crippen molar-refractivity contribution in [3.63, 3.8) is 0 Å². The number of amides is 1. The standard InChI is InChI=1S/C11H21N3O2/c1-10(2)16-8-4-3-6-13-9-11(15)14-7-5-12/h10,13H,3-4,6-9H2,1-2H3,(H,14,15). The number of carbonyl (C=O) groups is 1. The van der Waals surface area contributed by atoms with Gasteiger partial charge in [-0.2, -0.15) is 5.26 Å². The molecule has 92 valence electrons. The fourth-order valence-electron chi connectivity index (χ4n) is 1.07. The number of nitrogens with zero attached hydrogens (tertiary/aromatic N) is 1. The lowest BCUT2D eigenvalue weighted by Crippen LogP contribution is -2.34. The number of nitriles is 1. The van der Waals surface area contributed by atoms with Crippen LogP contribution >= 0.6 is 0 Å². The Morgan fingerprint density at radius 1 is 1.44 bits per heavy atom. The van der Waals surface area contributed by atoms with Crippen LogP contribution in [0.1, 0.15) is 26.7 Å². The Morgan fingerprint density at radius 3 is 2.81 bits per heavy atom. The molecule has 0 saturated heterocycles. The van der Waals surface area contributed by atoms with Crippen LogP contribution in [0.15, 0.2) is 0 Å². The lowest BCUT2D eigenvalue weighted by molar-refractivity contribution is -0.120. The highest BCUT2D eigenvalue weighted by molar-refractivity contribution is 5.78. The first-order valence-electron chi connectivity index (χ1n) is 5.62. The zero-order chi connectivity index (χ0) is 12.2. The van der Waals surface area contributed by atoms with Crippen LogP contribution in [0.4, 0.5) is 0 Å². The number of ether oxygens (including phenoxy) is 1. The van der Waals surface area contributed by atoms with Gasteiger partial charge in [0.05, 0.1) is 18.7 Å². The molecule has 0 unspecified atom stereocenters. The summed E-state index contributed by atoms with van der Waals surface area (Å²) >= 11 is 0. The number of rotatable bonds is 9. The molecule has 0 radical (unpaired) electrons. The molecule has 2 N–H and O–H groups in total. The number of hydrogen-bond donors (Lipinski definition) is 2. The molecule has 0 aromatic carbocycles. The van der Waals surface area contributed by atoms with E-state index in [0.717, 1.165) is 26.0 Å². The van der Waals surface area contributed by atoms with Gasteiger partial charge in [0.2, 0.25) is 5.91 Å². The molecule has 16 heavy (non-hydrogen) atoms. The maximum Gasteiger partial charge on any atom is 0.234 e. The van der Waals surface area contributed by atoms with Gasteiger partial charge in [0.15, 0.2) is 0 Å². The maximum absolute atomic E-state index is 11.0. The molecule has 0 spiro atoms. The van der Waals surface area contributed by atoms with E-state index >= 15 is 0 Å². The number of unbranched alkanes of at least 4 members (excludes halogenated alkanes) is 1. The minimum absolute atomic E-state index is 0.0722. The quantitative estimate of drug-likeness (QED) is 0.442. The molecule has 0 heterocycles. The predicted octanol–water partition coefficient (Wildman–Crippen LogP) is 0.421. The van der Waals surface area contributed by atoms with E-state index in [1.54, 1.807) is 0 Å². The van der Waals surface area contributed by atoms with Gasteiger partial charge in [0.1, 0.15) is 6.54 Å². The highest BCUT2D eigenvalue weighted by atomic mass is 16.5. The van der Waals surface area contributed by atoms with Gasteiger partial charge in [-0.3, -0.25) is 4.79 Å². The Balaban J connectivity index is 3.15. The molecule has 0 rings (SSSR count). The molecule has 0 fully saturated rings. The fourth-order valence-corrected chi connectivity index (χ4v) is 1.07. The monoisotopic (exact) mass is 227 g/mol. The summed E-state index contributed by atoms with van der Waals surface area (Å²) in [6.07, 6.45) is 2.26. The van der Waals surface area contributed by atoms with E-state index in [9.17, 15) is 4.79 Å². The molecule has 0 aromatic rings. The summed E-state index contributed by atoms with van der Waals surface area (Å²) in [5.74, 6) is -0.139. The minimum Gasteiger partial charge on any atom is -0.379 e. The highest BCUT2D eigenvalue weighted by Gasteiger charge is 1.98. The largest absolute Gasteiger partial charge is 0.379 e. The molecular formula is C11H21N3O2. The van der Waals surface area contributed by atoms with E-state index in [1.807, 2.05) is 19.9 Å². The maximum atomic E-state index is 11.0. The van der Waals surface area contributed by atoms with Crippen LogP contribution in [0, 0.1) is 11.3 Å². The van der Waals surface area contributed by atoms with E-state index in [2.05, 4.69) is 10.6 Å². The van der Waals surface area contributed by atoms with Gasteiger partial charge < -0.3 is 15.4 Å². The Hall–Kier alpha value is -1.12. The van der Waals surface area contributed by atoms with Gasteiger partial charge >= 0.3 is 0 Å². The first kappa shape index (κ1) is 14.9. The Morgan fingerprint density at radius 2 is 2.19 bits per heavy atom. The summed E-state index contributed by atoms with van der Waals surface area (Å²) in [5.41, 5.74) is 0. The van der Waals surface area contributed by atoms with Crippen LogP contribution in [0.5, 0.6) is 0 Å². The lowest BCUT2D eigenvalue weighted by Gasteiger charge is -2.07. The Bertz CT molecular complexity index is 224. The number of carbonyl (C=O) groups excluding carboxylic acids is 1. The smallest absolute Gasteiger partial charge is 0.234 e. The summed E-state index contributed by atoms with van der Waals surface area (Å²) in [6.45, 7) is 5.92. The Labute approximate surface area is 97.2 Å². The topological polar surface area (TPSA) is 74.2 Å². The summed E-state index contributed by atoms with van der Waals surface area (Å²) in [5, 5.41) is 13.7. The zero-order valence-corrected chi connectivity index (χ0v) is 10.1. The normalized spacial score (nSPS) is 10.1. The van der Waals surface area contributed by atoms with E-state index in [-0.39, 0.29) is 25.1 Å². The van der Waals surface area contributed by atoms with E-state index in [1.165, 1.54) is 0 Å². The van der Waals surface area contributed by atoms with Crippen molar-refractivity contribution in [1.82, 2.24) is 10.6 Å². The number of nitrogens with one attached hydrogen (secondary N) is 2. The molecule has 5 nitrogen and oxygen atoms in total. The van der Waals surface area contributed by atoms with Gasteiger partial charge in [-0.25, -0.2) is 0 Å². The van der Waals surface area contributed by atoms with Crippen molar-refractivity contribution in [2.24, 2.45) is 0 Å². The van der Waals surface area contributed by atoms with Crippen LogP contribution < -0.4 is 10.6 Å². The van der Waals surface area contributed by atoms with Crippen molar-refractivity contribution in [1.29, 1.82) is 5.26 Å². The van der Waals surface area contributed by atoms with Crippen LogP contribution in [0.2, 0.25) is 0 Å². The lowest BCUT2D eigenvalue weighted by atomic mass is 10.3. The second-order valence-electron chi connectivity index (χ2n) is 3.74. The van der Waals surface area contributed by atoms with E-state index < -0.39 is 0 Å². The van der Waals surface area contributed by atoms with Gasteiger partial charge in [-0.15, -0.1) is 0 Å². The second-order valence-corrected chi connectivity index (χ2v) is 3.74. The molecule has 0 bridgehead atoms. The molecule has 0 aliphatic rings. The van der Waals surface area contributed by atoms with Crippen LogP contribution in [-0.4, -0.2) is 38.3 Å². The van der Waals surface area contributed by atoms with E-state index in [0.29, 0.717) is 0 Å². The fraction of sp³-hybridized carbons (Fsp3) is 0.818. The molecule has 0 atom stereocenters. The molecular weight excluding hydrogens is 206 g/mol. The van der Waals surface area contributed by atoms with Crippen molar-refractivity contribution < 1.29 is 9.53 Å². The van der Waals surface area contributed by atoms with Crippen LogP contribution in [-0.2, 0) is 9.53 Å². The molecule has 0 aliphatic carbocycles. The van der Waals surface area contributed by atoms with Gasteiger partial charge in [0.25, 0.3) is 0 Å². The third-order valence-corrected chi connectivity index (χ3v) is 1.85. The van der Waals surface area contributed by atoms with Crippen LogP contribution in [0.3, 0.4) is 0 Å². The van der Waals surface area contributed by atoms with Crippen LogP contribution in [0.25, 0.3) is 0 Å². The van der Waals surface area contributed by atoms with Gasteiger partial charge in [-0.1, -0.05) is 0 Å². The summed E-state index contributed by atoms with van der Waals surface area (Å²) in [4.78, 5) is 11.0. The summed E-state index contributed by atoms with van der Waals surface area (Å²) in [7, 11) is 0. The summed E-state index contributed by atoms with van der Waals surface area (Å²) < 4.78 is 5.38. The van der Waals surface area contributed by atoms with Gasteiger partial charge in [-0.05, 0) is 33.2 Å². The summed E-state index contributed by atoms with van der Waals surface area (Å²) in [6, 6.07) is 1.85. The van der Waals surface area contributed by atoms with Crippen molar-refractivity contribution >= 4 is 5.91 Å². The Kier molecular flexibility index (Phi) is 9.67. The number of hydrogen-bond acceptors (Lipinski definition) is 4. The molecule has 5 heteroatoms. The molecule has 0 saturated carbocycles. The third kappa shape index (κ3) is 11.0. The van der Waals surface area contributed by atoms with Crippen molar-refractivity contribution in [2.45, 2.75) is 32.8 Å². The zero-order valence-electron chi connectivity index (χ0n) is 10.1. The van der Waals surface area contributed by atoms with Crippen molar-refractivity contribution in [3.8, 4) is 6.07 Å². The molecule has 0 aliphatic heterocycles. The van der Waals surface area contributed by atoms with Crippen molar-refractivity contribution in [3.05, 3.63) is 0 Å². The molecule has 0 aromatic heterocycles. The average Bonchev–Trinajstić information content (AvgIpc) is 2.24. The molecule has 1 amide bonds. The first-order chi connectivity index (χ1) is 7.66.